The van der Waals surface area contributed by atoms with Crippen molar-refractivity contribution in [2.45, 2.75) is 39.0 Å². The zero-order chi connectivity index (χ0) is 19.8. The zero-order valence-corrected chi connectivity index (χ0v) is 18.0. The molecule has 1 N–H and O–H groups in total. The fourth-order valence-electron chi connectivity index (χ4n) is 4.69. The van der Waals surface area contributed by atoms with Gasteiger partial charge in [0.25, 0.3) is 0 Å². The zero-order valence-electron chi connectivity index (χ0n) is 18.0. The molecule has 160 valence electrons. The van der Waals surface area contributed by atoms with Crippen molar-refractivity contribution in [2.24, 2.45) is 10.9 Å². The Labute approximate surface area is 171 Å². The molecule has 3 rings (SSSR count). The van der Waals surface area contributed by atoms with E-state index in [1.807, 2.05) is 11.9 Å². The van der Waals surface area contributed by atoms with Crippen LogP contribution in [0.1, 0.15) is 39.0 Å². The van der Waals surface area contributed by atoms with Gasteiger partial charge in [0.05, 0.1) is 6.54 Å². The van der Waals surface area contributed by atoms with E-state index in [1.165, 1.54) is 51.7 Å². The number of nitrogens with zero attached hydrogens (tertiary/aromatic N) is 5. The van der Waals surface area contributed by atoms with Crippen molar-refractivity contribution in [3.8, 4) is 0 Å². The van der Waals surface area contributed by atoms with E-state index >= 15 is 0 Å². The second-order valence-electron chi connectivity index (χ2n) is 8.49. The van der Waals surface area contributed by atoms with Crippen LogP contribution >= 0.6 is 0 Å². The largest absolute Gasteiger partial charge is 0.356 e. The second-order valence-corrected chi connectivity index (χ2v) is 8.49. The fourth-order valence-corrected chi connectivity index (χ4v) is 4.69. The molecular weight excluding hydrogens is 352 g/mol. The molecule has 3 saturated heterocycles. The number of rotatable bonds is 6. The number of piperazine rings is 1. The molecule has 0 bridgehead atoms. The van der Waals surface area contributed by atoms with Crippen molar-refractivity contribution in [1.82, 2.24) is 24.9 Å². The summed E-state index contributed by atoms with van der Waals surface area (Å²) in [6.07, 6.45) is 6.23. The van der Waals surface area contributed by atoms with Gasteiger partial charge in [-0.25, -0.2) is 0 Å². The topological polar surface area (TPSA) is 54.4 Å². The van der Waals surface area contributed by atoms with Crippen LogP contribution in [0.25, 0.3) is 0 Å². The fraction of sp³-hybridized carbons (Fsp3) is 0.905. The summed E-state index contributed by atoms with van der Waals surface area (Å²) >= 11 is 0. The standard InChI is InChI=1S/C21H40N6O/c1-3-24-12-7-19(8-13-24)6-9-23-21(22-2)27-16-14-25(15-17-27)18-20(28)26-10-4-5-11-26/h19H,3-18H2,1-2H3,(H,22,23). The molecule has 3 heterocycles. The Hall–Kier alpha value is -1.34. The predicted molar refractivity (Wildman–Crippen MR) is 115 cm³/mol. The maximum atomic E-state index is 12.3. The first-order valence-corrected chi connectivity index (χ1v) is 11.4. The number of aliphatic imine (C=N–C) groups is 1. The molecule has 28 heavy (non-hydrogen) atoms. The number of guanidine groups is 1. The van der Waals surface area contributed by atoms with Crippen LogP contribution in [0.4, 0.5) is 0 Å². The second kappa shape index (κ2) is 11.0. The van der Waals surface area contributed by atoms with Crippen LogP contribution in [0, 0.1) is 5.92 Å². The number of likely N-dealkylation sites (tertiary alicyclic amines) is 2. The van der Waals surface area contributed by atoms with Gasteiger partial charge in [-0.1, -0.05) is 6.92 Å². The van der Waals surface area contributed by atoms with Crippen LogP contribution in [0.15, 0.2) is 4.99 Å². The highest BCUT2D eigenvalue weighted by Gasteiger charge is 2.24. The lowest BCUT2D eigenvalue weighted by atomic mass is 9.93. The molecular formula is C21H40N6O. The molecule has 0 aromatic rings. The van der Waals surface area contributed by atoms with Crippen LogP contribution in [0.3, 0.4) is 0 Å². The van der Waals surface area contributed by atoms with Crippen LogP contribution in [0.5, 0.6) is 0 Å². The van der Waals surface area contributed by atoms with Crippen molar-refractivity contribution in [2.75, 3.05) is 79.0 Å². The number of amides is 1. The molecule has 0 saturated carbocycles. The number of nitrogens with one attached hydrogen (secondary N) is 1. The summed E-state index contributed by atoms with van der Waals surface area (Å²) < 4.78 is 0. The molecule has 0 aromatic carbocycles. The Morgan fingerprint density at radius 3 is 2.21 bits per heavy atom. The smallest absolute Gasteiger partial charge is 0.236 e. The Balaban J connectivity index is 1.32. The van der Waals surface area contributed by atoms with Crippen LogP contribution in [0.2, 0.25) is 0 Å². The summed E-state index contributed by atoms with van der Waals surface area (Å²) in [5.74, 6) is 2.18. The van der Waals surface area contributed by atoms with E-state index in [9.17, 15) is 4.79 Å². The first-order chi connectivity index (χ1) is 13.7. The quantitative estimate of drug-likeness (QED) is 0.538. The Bertz CT molecular complexity index is 503. The average Bonchev–Trinajstić information content (AvgIpc) is 3.28. The summed E-state index contributed by atoms with van der Waals surface area (Å²) in [6.45, 7) is 13.2. The number of hydrogen-bond donors (Lipinski definition) is 1. The number of piperidine rings is 1. The summed E-state index contributed by atoms with van der Waals surface area (Å²) in [6, 6.07) is 0. The van der Waals surface area contributed by atoms with Gasteiger partial charge in [-0.05, 0) is 57.7 Å². The van der Waals surface area contributed by atoms with E-state index in [2.05, 4.69) is 31.9 Å². The summed E-state index contributed by atoms with van der Waals surface area (Å²) in [4.78, 5) is 26.1. The van der Waals surface area contributed by atoms with E-state index in [-0.39, 0.29) is 0 Å². The van der Waals surface area contributed by atoms with Crippen molar-refractivity contribution < 1.29 is 4.79 Å². The highest BCUT2D eigenvalue weighted by molar-refractivity contribution is 5.80. The maximum absolute atomic E-state index is 12.3. The normalized spacial score (nSPS) is 23.4. The van der Waals surface area contributed by atoms with Gasteiger partial charge in [-0.15, -0.1) is 0 Å². The molecule has 3 fully saturated rings. The lowest BCUT2D eigenvalue weighted by Gasteiger charge is -2.37. The minimum Gasteiger partial charge on any atom is -0.356 e. The number of carbonyl (C=O) groups excluding carboxylic acids is 1. The number of hydrogen-bond acceptors (Lipinski definition) is 4. The van der Waals surface area contributed by atoms with E-state index in [4.69, 9.17) is 0 Å². The molecule has 0 aliphatic carbocycles. The van der Waals surface area contributed by atoms with Crippen molar-refractivity contribution in [3.05, 3.63) is 0 Å². The Morgan fingerprint density at radius 2 is 1.61 bits per heavy atom. The van der Waals surface area contributed by atoms with E-state index in [0.29, 0.717) is 12.5 Å². The predicted octanol–water partition coefficient (Wildman–Crippen LogP) is 0.924. The number of carbonyl (C=O) groups is 1. The van der Waals surface area contributed by atoms with Crippen LogP contribution < -0.4 is 5.32 Å². The minimum atomic E-state index is 0.308. The van der Waals surface area contributed by atoms with E-state index in [1.54, 1.807) is 0 Å². The highest BCUT2D eigenvalue weighted by Crippen LogP contribution is 2.19. The van der Waals surface area contributed by atoms with E-state index < -0.39 is 0 Å². The Morgan fingerprint density at radius 1 is 0.929 bits per heavy atom. The van der Waals surface area contributed by atoms with Gasteiger partial charge >= 0.3 is 0 Å². The summed E-state index contributed by atoms with van der Waals surface area (Å²) in [5, 5.41) is 3.58. The van der Waals surface area contributed by atoms with Gasteiger partial charge in [-0.2, -0.15) is 0 Å². The van der Waals surface area contributed by atoms with Gasteiger partial charge in [0.1, 0.15) is 0 Å². The molecule has 0 aromatic heterocycles. The highest BCUT2D eigenvalue weighted by atomic mass is 16.2. The van der Waals surface area contributed by atoms with Gasteiger partial charge in [0.15, 0.2) is 5.96 Å². The molecule has 1 amide bonds. The van der Waals surface area contributed by atoms with Crippen LogP contribution in [-0.4, -0.2) is 111 Å². The summed E-state index contributed by atoms with van der Waals surface area (Å²) in [7, 11) is 1.88. The molecule has 0 spiro atoms. The first kappa shape index (κ1) is 21.4. The maximum Gasteiger partial charge on any atom is 0.236 e. The molecule has 3 aliphatic heterocycles. The monoisotopic (exact) mass is 392 g/mol. The van der Waals surface area contributed by atoms with E-state index in [0.717, 1.165) is 57.7 Å². The third kappa shape index (κ3) is 6.08. The molecule has 0 atom stereocenters. The molecule has 0 unspecified atom stereocenters. The third-order valence-corrected chi connectivity index (χ3v) is 6.69. The van der Waals surface area contributed by atoms with Crippen molar-refractivity contribution >= 4 is 11.9 Å². The Kier molecular flexibility index (Phi) is 8.40. The van der Waals surface area contributed by atoms with Gasteiger partial charge in [0, 0.05) is 52.9 Å². The first-order valence-electron chi connectivity index (χ1n) is 11.4. The van der Waals surface area contributed by atoms with Crippen molar-refractivity contribution in [3.63, 3.8) is 0 Å². The van der Waals surface area contributed by atoms with Gasteiger partial charge in [-0.3, -0.25) is 14.7 Å². The SMILES string of the molecule is CCN1CCC(CCNC(=NC)N2CCN(CC(=O)N3CCCC3)CC2)CC1. The molecule has 7 heteroatoms. The molecule has 0 radical (unpaired) electrons. The van der Waals surface area contributed by atoms with Crippen LogP contribution in [-0.2, 0) is 4.79 Å². The van der Waals surface area contributed by atoms with Gasteiger partial charge in [0.2, 0.25) is 5.91 Å². The van der Waals surface area contributed by atoms with Crippen molar-refractivity contribution in [1.29, 1.82) is 0 Å². The minimum absolute atomic E-state index is 0.308. The average molecular weight is 393 g/mol. The molecule has 7 nitrogen and oxygen atoms in total. The third-order valence-electron chi connectivity index (χ3n) is 6.69. The van der Waals surface area contributed by atoms with Gasteiger partial charge < -0.3 is 20.0 Å². The molecule has 3 aliphatic rings. The summed E-state index contributed by atoms with van der Waals surface area (Å²) in [5.41, 5.74) is 0. The lowest BCUT2D eigenvalue weighted by Crippen LogP contribution is -2.54. The lowest BCUT2D eigenvalue weighted by molar-refractivity contribution is -0.131.